The molecule has 0 radical (unpaired) electrons. The highest BCUT2D eigenvalue weighted by atomic mass is 32.1. The Morgan fingerprint density at radius 1 is 1.04 bits per heavy atom. The van der Waals surface area contributed by atoms with Gasteiger partial charge in [-0.2, -0.15) is 0 Å². The summed E-state index contributed by atoms with van der Waals surface area (Å²) in [7, 11) is 0. The van der Waals surface area contributed by atoms with Crippen LogP contribution >= 0.6 is 11.3 Å². The molecular weight excluding hydrogens is 306 g/mol. The average molecular weight is 319 g/mol. The third kappa shape index (κ3) is 2.78. The van der Waals surface area contributed by atoms with Crippen LogP contribution in [0.3, 0.4) is 0 Å². The van der Waals surface area contributed by atoms with E-state index in [2.05, 4.69) is 21.4 Å². The van der Waals surface area contributed by atoms with E-state index in [4.69, 9.17) is 0 Å². The number of thiazole rings is 1. The van der Waals surface area contributed by atoms with E-state index in [1.54, 1.807) is 23.6 Å². The molecule has 0 aliphatic rings. The third-order valence-electron chi connectivity index (χ3n) is 3.71. The van der Waals surface area contributed by atoms with Crippen LogP contribution < -0.4 is 5.32 Å². The van der Waals surface area contributed by atoms with E-state index >= 15 is 0 Å². The molecule has 5 heteroatoms. The Balaban J connectivity index is 1.51. The van der Waals surface area contributed by atoms with Crippen LogP contribution in [0.15, 0.2) is 60.2 Å². The van der Waals surface area contributed by atoms with Gasteiger partial charge in [-0.3, -0.25) is 9.78 Å². The van der Waals surface area contributed by atoms with E-state index in [1.807, 2.05) is 41.9 Å². The number of pyridine rings is 1. The lowest BCUT2D eigenvalue weighted by Gasteiger charge is -2.06. The van der Waals surface area contributed by atoms with Crippen LogP contribution in [0.2, 0.25) is 0 Å². The van der Waals surface area contributed by atoms with Gasteiger partial charge in [0.15, 0.2) is 0 Å². The summed E-state index contributed by atoms with van der Waals surface area (Å²) >= 11 is 1.60. The van der Waals surface area contributed by atoms with Gasteiger partial charge in [-0.25, -0.2) is 4.98 Å². The molecule has 2 heterocycles. The van der Waals surface area contributed by atoms with Crippen molar-refractivity contribution >= 4 is 38.4 Å². The molecule has 2 aromatic heterocycles. The maximum absolute atomic E-state index is 12.3. The Bertz CT molecular complexity index is 1010. The van der Waals surface area contributed by atoms with Gasteiger partial charge in [0, 0.05) is 23.7 Å². The number of aromatic nitrogens is 2. The number of amides is 1. The van der Waals surface area contributed by atoms with E-state index in [1.165, 1.54) is 0 Å². The number of hydrogen-bond donors (Lipinski definition) is 1. The molecule has 0 bridgehead atoms. The monoisotopic (exact) mass is 319 g/mol. The summed E-state index contributed by atoms with van der Waals surface area (Å²) in [4.78, 5) is 20.9. The molecule has 4 rings (SSSR count). The second kappa shape index (κ2) is 5.78. The Kier molecular flexibility index (Phi) is 3.48. The van der Waals surface area contributed by atoms with Gasteiger partial charge in [0.05, 0.1) is 21.2 Å². The van der Waals surface area contributed by atoms with Crippen molar-refractivity contribution in [2.24, 2.45) is 0 Å². The molecular formula is C18H13N3OS. The van der Waals surface area contributed by atoms with Gasteiger partial charge >= 0.3 is 0 Å². The smallest absolute Gasteiger partial charge is 0.251 e. The van der Waals surface area contributed by atoms with Gasteiger partial charge in [0.2, 0.25) is 0 Å². The largest absolute Gasteiger partial charge is 0.348 e. The summed E-state index contributed by atoms with van der Waals surface area (Å²) in [5.74, 6) is -0.0832. The molecule has 0 unspecified atom stereocenters. The Hall–Kier alpha value is -2.79. The Morgan fingerprint density at radius 3 is 2.91 bits per heavy atom. The third-order valence-corrected chi connectivity index (χ3v) is 4.51. The highest BCUT2D eigenvalue weighted by Crippen LogP contribution is 2.19. The summed E-state index contributed by atoms with van der Waals surface area (Å²) in [5, 5.41) is 3.93. The summed E-state index contributed by atoms with van der Waals surface area (Å²) in [5.41, 5.74) is 5.42. The van der Waals surface area contributed by atoms with Crippen molar-refractivity contribution in [3.63, 3.8) is 0 Å². The van der Waals surface area contributed by atoms with E-state index in [9.17, 15) is 4.79 Å². The Morgan fingerprint density at radius 2 is 1.96 bits per heavy atom. The normalized spacial score (nSPS) is 11.0. The quantitative estimate of drug-likeness (QED) is 0.625. The predicted octanol–water partition coefficient (Wildman–Crippen LogP) is 3.77. The van der Waals surface area contributed by atoms with Crippen LogP contribution in [-0.4, -0.2) is 15.9 Å². The first-order valence-corrected chi connectivity index (χ1v) is 8.13. The molecule has 2 aromatic carbocycles. The standard InChI is InChI=1S/C18H13N3OS/c22-18(14-4-6-15-13(9-14)2-1-7-19-15)20-10-12-3-5-16-17(8-12)23-11-21-16/h1-9,11H,10H2,(H,20,22). The van der Waals surface area contributed by atoms with Gasteiger partial charge in [0.25, 0.3) is 5.91 Å². The number of carbonyl (C=O) groups is 1. The first-order chi connectivity index (χ1) is 11.3. The van der Waals surface area contributed by atoms with E-state index < -0.39 is 0 Å². The minimum absolute atomic E-state index is 0.0832. The zero-order valence-electron chi connectivity index (χ0n) is 12.2. The molecule has 0 saturated heterocycles. The highest BCUT2D eigenvalue weighted by Gasteiger charge is 2.07. The molecule has 0 atom stereocenters. The van der Waals surface area contributed by atoms with Gasteiger partial charge in [-0.05, 0) is 42.0 Å². The fourth-order valence-electron chi connectivity index (χ4n) is 2.51. The van der Waals surface area contributed by atoms with Gasteiger partial charge in [-0.15, -0.1) is 11.3 Å². The Labute approximate surface area is 136 Å². The zero-order chi connectivity index (χ0) is 15.6. The SMILES string of the molecule is O=C(NCc1ccc2ncsc2c1)c1ccc2ncccc2c1. The summed E-state index contributed by atoms with van der Waals surface area (Å²) in [6.07, 6.45) is 1.75. The number of benzene rings is 2. The van der Waals surface area contributed by atoms with Crippen molar-refractivity contribution in [3.8, 4) is 0 Å². The zero-order valence-corrected chi connectivity index (χ0v) is 13.0. The van der Waals surface area contributed by atoms with Crippen molar-refractivity contribution in [1.82, 2.24) is 15.3 Å². The number of nitrogens with one attached hydrogen (secondary N) is 1. The average Bonchev–Trinajstić information content (AvgIpc) is 3.07. The summed E-state index contributed by atoms with van der Waals surface area (Å²) in [6.45, 7) is 0.498. The highest BCUT2D eigenvalue weighted by molar-refractivity contribution is 7.16. The van der Waals surface area contributed by atoms with E-state index in [0.717, 1.165) is 26.7 Å². The molecule has 23 heavy (non-hydrogen) atoms. The van der Waals surface area contributed by atoms with Crippen LogP contribution in [0, 0.1) is 0 Å². The molecule has 1 amide bonds. The summed E-state index contributed by atoms with van der Waals surface area (Å²) in [6, 6.07) is 15.4. The maximum atomic E-state index is 12.3. The second-order valence-electron chi connectivity index (χ2n) is 5.25. The van der Waals surface area contributed by atoms with E-state index in [0.29, 0.717) is 12.1 Å². The lowest BCUT2D eigenvalue weighted by molar-refractivity contribution is 0.0951. The first kappa shape index (κ1) is 13.8. The molecule has 112 valence electrons. The van der Waals surface area contributed by atoms with E-state index in [-0.39, 0.29) is 5.91 Å². The molecule has 4 nitrogen and oxygen atoms in total. The number of carbonyl (C=O) groups excluding carboxylic acids is 1. The van der Waals surface area contributed by atoms with Crippen LogP contribution in [0.4, 0.5) is 0 Å². The number of nitrogens with zero attached hydrogens (tertiary/aromatic N) is 2. The predicted molar refractivity (Wildman–Crippen MR) is 92.5 cm³/mol. The van der Waals surface area contributed by atoms with Crippen molar-refractivity contribution < 1.29 is 4.79 Å². The molecule has 1 N–H and O–H groups in total. The van der Waals surface area contributed by atoms with Gasteiger partial charge < -0.3 is 5.32 Å². The number of fused-ring (bicyclic) bond motifs is 2. The molecule has 0 aliphatic carbocycles. The van der Waals surface area contributed by atoms with Crippen LogP contribution in [0.25, 0.3) is 21.1 Å². The topological polar surface area (TPSA) is 54.9 Å². The van der Waals surface area contributed by atoms with Crippen LogP contribution in [0.5, 0.6) is 0 Å². The first-order valence-electron chi connectivity index (χ1n) is 7.25. The van der Waals surface area contributed by atoms with Crippen LogP contribution in [0.1, 0.15) is 15.9 Å². The maximum Gasteiger partial charge on any atom is 0.251 e. The summed E-state index contributed by atoms with van der Waals surface area (Å²) < 4.78 is 1.13. The minimum Gasteiger partial charge on any atom is -0.348 e. The fraction of sp³-hybridized carbons (Fsp3) is 0.0556. The number of rotatable bonds is 3. The van der Waals surface area contributed by atoms with Crippen molar-refractivity contribution in [3.05, 3.63) is 71.4 Å². The molecule has 0 aliphatic heterocycles. The molecule has 0 spiro atoms. The second-order valence-corrected chi connectivity index (χ2v) is 6.13. The fourth-order valence-corrected chi connectivity index (χ4v) is 3.25. The lowest BCUT2D eigenvalue weighted by Crippen LogP contribution is -2.22. The molecule has 0 fully saturated rings. The van der Waals surface area contributed by atoms with Crippen LogP contribution in [-0.2, 0) is 6.54 Å². The molecule has 4 aromatic rings. The minimum atomic E-state index is -0.0832. The van der Waals surface area contributed by atoms with Crippen molar-refractivity contribution in [2.45, 2.75) is 6.54 Å². The lowest BCUT2D eigenvalue weighted by atomic mass is 10.1. The van der Waals surface area contributed by atoms with Crippen molar-refractivity contribution in [2.75, 3.05) is 0 Å². The van der Waals surface area contributed by atoms with Crippen molar-refractivity contribution in [1.29, 1.82) is 0 Å². The molecule has 0 saturated carbocycles. The number of hydrogen-bond acceptors (Lipinski definition) is 4. The van der Waals surface area contributed by atoms with Gasteiger partial charge in [-0.1, -0.05) is 12.1 Å². The van der Waals surface area contributed by atoms with Gasteiger partial charge in [0.1, 0.15) is 0 Å².